The molecule has 2 rings (SSSR count). The Bertz CT molecular complexity index is 510. The molecule has 7 heteroatoms. The summed E-state index contributed by atoms with van der Waals surface area (Å²) in [5.41, 5.74) is 2.00. The van der Waals surface area contributed by atoms with Gasteiger partial charge in [-0.1, -0.05) is 0 Å². The molecule has 1 saturated heterocycles. The number of sulfonamides is 1. The van der Waals surface area contributed by atoms with Crippen LogP contribution in [-0.4, -0.2) is 29.8 Å². The van der Waals surface area contributed by atoms with Gasteiger partial charge in [0, 0.05) is 12.1 Å². The summed E-state index contributed by atoms with van der Waals surface area (Å²) in [5.74, 6) is -0.0134. The largest absolute Gasteiger partial charge is 0.247 e. The molecule has 1 aliphatic heterocycles. The van der Waals surface area contributed by atoms with E-state index in [4.69, 9.17) is 0 Å². The van der Waals surface area contributed by atoms with E-state index in [1.807, 2.05) is 13.8 Å². The SMILES string of the molecule is CC1(C)CCCN1S(=O)(=O)Cc1ncsc1Br. The summed E-state index contributed by atoms with van der Waals surface area (Å²) in [6, 6.07) is 0. The summed E-state index contributed by atoms with van der Waals surface area (Å²) in [7, 11) is -3.27. The number of thiazole rings is 1. The highest BCUT2D eigenvalue weighted by atomic mass is 79.9. The highest BCUT2D eigenvalue weighted by Crippen LogP contribution is 2.33. The molecule has 1 aromatic rings. The smallest absolute Gasteiger partial charge is 0.220 e. The zero-order valence-corrected chi connectivity index (χ0v) is 13.0. The Morgan fingerprint density at radius 2 is 2.29 bits per heavy atom. The third-order valence-electron chi connectivity index (χ3n) is 3.07. The zero-order valence-electron chi connectivity index (χ0n) is 9.81. The monoisotopic (exact) mass is 338 g/mol. The van der Waals surface area contributed by atoms with E-state index in [0.717, 1.165) is 16.6 Å². The van der Waals surface area contributed by atoms with Crippen molar-refractivity contribution >= 4 is 37.3 Å². The van der Waals surface area contributed by atoms with Crippen molar-refractivity contribution in [1.82, 2.24) is 9.29 Å². The fourth-order valence-electron chi connectivity index (χ4n) is 2.20. The van der Waals surface area contributed by atoms with Gasteiger partial charge in [-0.25, -0.2) is 13.4 Å². The summed E-state index contributed by atoms with van der Waals surface area (Å²) in [6.45, 7) is 4.58. The van der Waals surface area contributed by atoms with Gasteiger partial charge in [-0.3, -0.25) is 0 Å². The molecule has 0 amide bonds. The molecule has 0 saturated carbocycles. The van der Waals surface area contributed by atoms with Crippen molar-refractivity contribution in [3.05, 3.63) is 15.0 Å². The van der Waals surface area contributed by atoms with Gasteiger partial charge in [-0.15, -0.1) is 11.3 Å². The summed E-state index contributed by atoms with van der Waals surface area (Å²) in [6.07, 6.45) is 1.86. The maximum atomic E-state index is 12.3. The number of hydrogen-bond donors (Lipinski definition) is 0. The zero-order chi connectivity index (χ0) is 12.7. The minimum atomic E-state index is -3.27. The quantitative estimate of drug-likeness (QED) is 0.851. The van der Waals surface area contributed by atoms with Crippen LogP contribution < -0.4 is 0 Å². The fourth-order valence-corrected chi connectivity index (χ4v) is 5.47. The maximum absolute atomic E-state index is 12.3. The Hall–Kier alpha value is 0.0200. The predicted octanol–water partition coefficient (Wildman–Crippen LogP) is 2.61. The van der Waals surface area contributed by atoms with E-state index < -0.39 is 10.0 Å². The first-order valence-corrected chi connectivity index (χ1v) is 8.69. The van der Waals surface area contributed by atoms with Crippen LogP contribution in [0.4, 0.5) is 0 Å². The first-order valence-electron chi connectivity index (χ1n) is 5.41. The van der Waals surface area contributed by atoms with Gasteiger partial charge < -0.3 is 0 Å². The average Bonchev–Trinajstić information content (AvgIpc) is 2.73. The minimum Gasteiger partial charge on any atom is -0.247 e. The lowest BCUT2D eigenvalue weighted by molar-refractivity contribution is 0.291. The highest BCUT2D eigenvalue weighted by molar-refractivity contribution is 9.11. The van der Waals surface area contributed by atoms with Crippen molar-refractivity contribution in [3.63, 3.8) is 0 Å². The van der Waals surface area contributed by atoms with E-state index in [9.17, 15) is 8.42 Å². The Balaban J connectivity index is 2.23. The van der Waals surface area contributed by atoms with Crippen LogP contribution in [-0.2, 0) is 15.8 Å². The topological polar surface area (TPSA) is 50.3 Å². The first-order chi connectivity index (χ1) is 7.83. The molecule has 17 heavy (non-hydrogen) atoms. The third-order valence-corrected chi connectivity index (χ3v) is 6.73. The molecular weight excluding hydrogens is 324 g/mol. The number of hydrogen-bond acceptors (Lipinski definition) is 4. The van der Waals surface area contributed by atoms with Gasteiger partial charge in [0.1, 0.15) is 5.75 Å². The van der Waals surface area contributed by atoms with Gasteiger partial charge in [0.2, 0.25) is 10.0 Å². The second-order valence-corrected chi connectivity index (χ2v) is 8.88. The van der Waals surface area contributed by atoms with Crippen LogP contribution in [0.3, 0.4) is 0 Å². The molecule has 1 fully saturated rings. The van der Waals surface area contributed by atoms with E-state index in [1.165, 1.54) is 11.3 Å². The fraction of sp³-hybridized carbons (Fsp3) is 0.700. The van der Waals surface area contributed by atoms with E-state index in [0.29, 0.717) is 12.2 Å². The van der Waals surface area contributed by atoms with Crippen molar-refractivity contribution in [2.24, 2.45) is 0 Å². The number of rotatable bonds is 3. The van der Waals surface area contributed by atoms with Crippen LogP contribution in [0.5, 0.6) is 0 Å². The standard InChI is InChI=1S/C10H15BrN2O2S2/c1-10(2)4-3-5-13(10)17(14,15)6-8-9(11)16-7-12-8/h7H,3-6H2,1-2H3. The van der Waals surface area contributed by atoms with Crippen LogP contribution in [0.1, 0.15) is 32.4 Å². The Labute approximate surface area is 114 Å². The molecule has 0 atom stereocenters. The predicted molar refractivity (Wildman–Crippen MR) is 72.5 cm³/mol. The molecular formula is C10H15BrN2O2S2. The minimum absolute atomic E-state index is 0.0134. The summed E-state index contributed by atoms with van der Waals surface area (Å²) in [5, 5.41) is 0. The van der Waals surface area contributed by atoms with E-state index in [1.54, 1.807) is 9.82 Å². The van der Waals surface area contributed by atoms with Gasteiger partial charge in [0.15, 0.2) is 0 Å². The highest BCUT2D eigenvalue weighted by Gasteiger charge is 2.40. The lowest BCUT2D eigenvalue weighted by Gasteiger charge is -2.30. The molecule has 0 aromatic carbocycles. The average molecular weight is 339 g/mol. The lowest BCUT2D eigenvalue weighted by Crippen LogP contribution is -2.43. The molecule has 1 aliphatic rings. The van der Waals surface area contributed by atoms with E-state index in [-0.39, 0.29) is 11.3 Å². The third kappa shape index (κ3) is 2.72. The molecule has 0 unspecified atom stereocenters. The van der Waals surface area contributed by atoms with Crippen LogP contribution >= 0.6 is 27.3 Å². The lowest BCUT2D eigenvalue weighted by atomic mass is 10.0. The van der Waals surface area contributed by atoms with Crippen molar-refractivity contribution in [1.29, 1.82) is 0 Å². The molecule has 4 nitrogen and oxygen atoms in total. The molecule has 2 heterocycles. The molecule has 1 aromatic heterocycles. The van der Waals surface area contributed by atoms with Crippen molar-refractivity contribution in [2.45, 2.75) is 38.0 Å². The summed E-state index contributed by atoms with van der Waals surface area (Å²) >= 11 is 4.74. The van der Waals surface area contributed by atoms with E-state index in [2.05, 4.69) is 20.9 Å². The number of aromatic nitrogens is 1. The number of halogens is 1. The Kier molecular flexibility index (Phi) is 3.64. The van der Waals surface area contributed by atoms with Gasteiger partial charge in [-0.05, 0) is 42.6 Å². The molecule has 0 radical (unpaired) electrons. The normalized spacial score (nSPS) is 20.9. The van der Waals surface area contributed by atoms with Gasteiger partial charge in [0.05, 0.1) is 15.0 Å². The van der Waals surface area contributed by atoms with E-state index >= 15 is 0 Å². The van der Waals surface area contributed by atoms with Gasteiger partial charge >= 0.3 is 0 Å². The van der Waals surface area contributed by atoms with Crippen LogP contribution in [0.15, 0.2) is 9.30 Å². The summed E-state index contributed by atoms with van der Waals surface area (Å²) in [4.78, 5) is 4.09. The first kappa shape index (κ1) is 13.5. The van der Waals surface area contributed by atoms with Crippen LogP contribution in [0.25, 0.3) is 0 Å². The van der Waals surface area contributed by atoms with Crippen molar-refractivity contribution in [3.8, 4) is 0 Å². The second-order valence-electron chi connectivity index (χ2n) is 4.82. The molecule has 0 bridgehead atoms. The molecule has 0 N–H and O–H groups in total. The van der Waals surface area contributed by atoms with Crippen LogP contribution in [0.2, 0.25) is 0 Å². The molecule has 0 aliphatic carbocycles. The van der Waals surface area contributed by atoms with Crippen molar-refractivity contribution in [2.75, 3.05) is 6.54 Å². The maximum Gasteiger partial charge on any atom is 0.220 e. The van der Waals surface area contributed by atoms with Crippen molar-refractivity contribution < 1.29 is 8.42 Å². The van der Waals surface area contributed by atoms with Crippen LogP contribution in [0, 0.1) is 0 Å². The second kappa shape index (κ2) is 4.60. The Morgan fingerprint density at radius 3 is 2.76 bits per heavy atom. The van der Waals surface area contributed by atoms with Gasteiger partial charge in [0.25, 0.3) is 0 Å². The molecule has 0 spiro atoms. The number of nitrogens with zero attached hydrogens (tertiary/aromatic N) is 2. The Morgan fingerprint density at radius 1 is 1.59 bits per heavy atom. The summed E-state index contributed by atoms with van der Waals surface area (Å²) < 4.78 is 27.1. The molecule has 96 valence electrons. The van der Waals surface area contributed by atoms with Gasteiger partial charge in [-0.2, -0.15) is 4.31 Å².